The third-order valence-electron chi connectivity index (χ3n) is 5.55. The van der Waals surface area contributed by atoms with Crippen LogP contribution in [0.1, 0.15) is 37.7 Å². The number of benzene rings is 2. The summed E-state index contributed by atoms with van der Waals surface area (Å²) >= 11 is 3.37. The number of carbonyl (C=O) groups excluding carboxylic acids is 1. The van der Waals surface area contributed by atoms with Gasteiger partial charge in [-0.2, -0.15) is 0 Å². The van der Waals surface area contributed by atoms with Crippen LogP contribution in [0, 0.1) is 0 Å². The van der Waals surface area contributed by atoms with E-state index in [-0.39, 0.29) is 0 Å². The highest BCUT2D eigenvalue weighted by Gasteiger charge is 2.22. The Balaban J connectivity index is 1.45. The lowest BCUT2D eigenvalue weighted by Gasteiger charge is -2.31. The molecule has 152 valence electrons. The summed E-state index contributed by atoms with van der Waals surface area (Å²) in [6.45, 7) is 5.74. The van der Waals surface area contributed by atoms with Crippen LogP contribution in [-0.4, -0.2) is 35.6 Å². The Morgan fingerprint density at radius 3 is 2.69 bits per heavy atom. The highest BCUT2D eigenvalue weighted by Crippen LogP contribution is 2.34. The molecule has 1 amide bonds. The smallest absolute Gasteiger partial charge is 0.410 e. The average molecular weight is 456 g/mol. The number of H-pyrrole nitrogens is 1. The van der Waals surface area contributed by atoms with Crippen molar-refractivity contribution in [1.82, 2.24) is 9.88 Å². The largest absolute Gasteiger partial charge is 0.417 e. The zero-order valence-electron chi connectivity index (χ0n) is 16.6. The number of hydrogen-bond donors (Lipinski definition) is 2. The molecule has 0 unspecified atom stereocenters. The first kappa shape index (κ1) is 20.0. The number of ether oxygens (including phenoxy) is 1. The minimum absolute atomic E-state index is 0.489. The number of rotatable bonds is 5. The number of nitrogens with one attached hydrogen (secondary N) is 2. The highest BCUT2D eigenvalue weighted by molar-refractivity contribution is 9.10. The van der Waals surface area contributed by atoms with E-state index in [1.165, 1.54) is 36.8 Å². The van der Waals surface area contributed by atoms with Crippen LogP contribution in [0.2, 0.25) is 0 Å². The van der Waals surface area contributed by atoms with Crippen LogP contribution in [0.5, 0.6) is 5.75 Å². The normalized spacial score (nSPS) is 15.5. The summed E-state index contributed by atoms with van der Waals surface area (Å²) in [5.41, 5.74) is 3.19. The monoisotopic (exact) mass is 455 g/mol. The first-order valence-corrected chi connectivity index (χ1v) is 11.0. The number of piperidine rings is 1. The van der Waals surface area contributed by atoms with Crippen molar-refractivity contribution in [3.8, 4) is 5.75 Å². The molecule has 5 nitrogen and oxygen atoms in total. The summed E-state index contributed by atoms with van der Waals surface area (Å²) in [6, 6.07) is 13.1. The summed E-state index contributed by atoms with van der Waals surface area (Å²) in [4.78, 5) is 18.2. The summed E-state index contributed by atoms with van der Waals surface area (Å²) in [5.74, 6) is 1.06. The van der Waals surface area contributed by atoms with Crippen molar-refractivity contribution in [2.75, 3.05) is 25.0 Å². The summed E-state index contributed by atoms with van der Waals surface area (Å²) < 4.78 is 6.30. The maximum Gasteiger partial charge on any atom is 0.417 e. The standard InChI is InChI=1S/C23H26BrN3O2/c1-2-11-27-12-9-16(10-13-27)21-15-25-22-8-5-18(14-20(21)22)26-23(28)29-19-6-3-17(24)4-7-19/h3-8,14-16,25H,2,9-13H2,1H3,(H,26,28). The molecule has 0 atom stereocenters. The minimum atomic E-state index is -0.489. The molecule has 1 fully saturated rings. The van der Waals surface area contributed by atoms with Gasteiger partial charge >= 0.3 is 6.09 Å². The molecular weight excluding hydrogens is 430 g/mol. The van der Waals surface area contributed by atoms with Crippen LogP contribution in [0.3, 0.4) is 0 Å². The van der Waals surface area contributed by atoms with E-state index in [0.717, 1.165) is 28.8 Å². The highest BCUT2D eigenvalue weighted by atomic mass is 79.9. The summed E-state index contributed by atoms with van der Waals surface area (Å²) in [5, 5.41) is 4.03. The molecule has 1 aromatic heterocycles. The van der Waals surface area contributed by atoms with E-state index in [9.17, 15) is 4.79 Å². The molecule has 2 heterocycles. The van der Waals surface area contributed by atoms with Crippen molar-refractivity contribution in [2.45, 2.75) is 32.1 Å². The van der Waals surface area contributed by atoms with Gasteiger partial charge < -0.3 is 14.6 Å². The molecule has 2 N–H and O–H groups in total. The van der Waals surface area contributed by atoms with Crippen molar-refractivity contribution in [1.29, 1.82) is 0 Å². The molecule has 2 aromatic carbocycles. The van der Waals surface area contributed by atoms with Gasteiger partial charge in [0.25, 0.3) is 0 Å². The number of fused-ring (bicyclic) bond motifs is 1. The summed E-state index contributed by atoms with van der Waals surface area (Å²) in [7, 11) is 0. The zero-order chi connectivity index (χ0) is 20.2. The molecule has 1 aliphatic rings. The lowest BCUT2D eigenvalue weighted by atomic mass is 9.89. The molecule has 0 spiro atoms. The molecule has 0 radical (unpaired) electrons. The zero-order valence-corrected chi connectivity index (χ0v) is 18.2. The number of aromatic amines is 1. The number of nitrogens with zero attached hydrogens (tertiary/aromatic N) is 1. The average Bonchev–Trinajstić information content (AvgIpc) is 3.14. The lowest BCUT2D eigenvalue weighted by molar-refractivity contribution is 0.213. The number of anilines is 1. The van der Waals surface area contributed by atoms with Crippen LogP contribution in [0.25, 0.3) is 10.9 Å². The van der Waals surface area contributed by atoms with Gasteiger partial charge in [-0.15, -0.1) is 0 Å². The van der Waals surface area contributed by atoms with E-state index in [2.05, 4.69) is 44.3 Å². The van der Waals surface area contributed by atoms with Crippen molar-refractivity contribution in [2.24, 2.45) is 0 Å². The van der Waals surface area contributed by atoms with Crippen molar-refractivity contribution in [3.05, 3.63) is 58.7 Å². The van der Waals surface area contributed by atoms with E-state index in [0.29, 0.717) is 11.7 Å². The van der Waals surface area contributed by atoms with Crippen LogP contribution in [0.4, 0.5) is 10.5 Å². The Bertz CT molecular complexity index is 975. The van der Waals surface area contributed by atoms with Gasteiger partial charge in [0.1, 0.15) is 5.75 Å². The van der Waals surface area contributed by atoms with E-state index < -0.39 is 6.09 Å². The second-order valence-electron chi connectivity index (χ2n) is 7.59. The summed E-state index contributed by atoms with van der Waals surface area (Å²) in [6.07, 6.45) is 5.21. The third kappa shape index (κ3) is 4.82. The van der Waals surface area contributed by atoms with E-state index in [1.54, 1.807) is 12.1 Å². The Morgan fingerprint density at radius 1 is 1.21 bits per heavy atom. The number of halogens is 1. The quantitative estimate of drug-likeness (QED) is 0.486. The molecule has 0 aliphatic carbocycles. The van der Waals surface area contributed by atoms with Crippen molar-refractivity contribution < 1.29 is 9.53 Å². The number of amides is 1. The Kier molecular flexibility index (Phi) is 6.21. The van der Waals surface area contributed by atoms with Gasteiger partial charge in [0.05, 0.1) is 0 Å². The number of aromatic nitrogens is 1. The fourth-order valence-electron chi connectivity index (χ4n) is 4.09. The fourth-order valence-corrected chi connectivity index (χ4v) is 4.36. The maximum atomic E-state index is 12.3. The topological polar surface area (TPSA) is 57.4 Å². The van der Waals surface area contributed by atoms with E-state index in [1.807, 2.05) is 30.3 Å². The molecule has 29 heavy (non-hydrogen) atoms. The second-order valence-corrected chi connectivity index (χ2v) is 8.50. The van der Waals surface area contributed by atoms with Crippen LogP contribution >= 0.6 is 15.9 Å². The number of likely N-dealkylation sites (tertiary alicyclic amines) is 1. The Hall–Kier alpha value is -2.31. The van der Waals surface area contributed by atoms with Crippen LogP contribution < -0.4 is 10.1 Å². The second kappa shape index (κ2) is 9.01. The first-order chi connectivity index (χ1) is 14.1. The maximum absolute atomic E-state index is 12.3. The molecule has 6 heteroatoms. The predicted octanol–water partition coefficient (Wildman–Crippen LogP) is 6.13. The van der Waals surface area contributed by atoms with Gasteiger partial charge in [-0.1, -0.05) is 22.9 Å². The van der Waals surface area contributed by atoms with Gasteiger partial charge in [0, 0.05) is 27.3 Å². The molecule has 0 saturated carbocycles. The molecule has 1 saturated heterocycles. The number of hydrogen-bond acceptors (Lipinski definition) is 3. The predicted molar refractivity (Wildman–Crippen MR) is 121 cm³/mol. The molecule has 1 aliphatic heterocycles. The van der Waals surface area contributed by atoms with E-state index in [4.69, 9.17) is 4.74 Å². The van der Waals surface area contributed by atoms with Gasteiger partial charge in [0.15, 0.2) is 0 Å². The third-order valence-corrected chi connectivity index (χ3v) is 6.08. The SMILES string of the molecule is CCCN1CCC(c2c[nH]c3ccc(NC(=O)Oc4ccc(Br)cc4)cc23)CC1. The van der Waals surface area contributed by atoms with Gasteiger partial charge in [0.2, 0.25) is 0 Å². The van der Waals surface area contributed by atoms with Gasteiger partial charge in [-0.25, -0.2) is 4.79 Å². The molecule has 4 rings (SSSR count). The first-order valence-electron chi connectivity index (χ1n) is 10.2. The van der Waals surface area contributed by atoms with Crippen LogP contribution in [-0.2, 0) is 0 Å². The Morgan fingerprint density at radius 2 is 1.97 bits per heavy atom. The lowest BCUT2D eigenvalue weighted by Crippen LogP contribution is -2.33. The fraction of sp³-hybridized carbons (Fsp3) is 0.348. The molecule has 0 bridgehead atoms. The molecular formula is C23H26BrN3O2. The van der Waals surface area contributed by atoms with Gasteiger partial charge in [-0.3, -0.25) is 5.32 Å². The Labute approximate surface area is 179 Å². The van der Waals surface area contributed by atoms with Gasteiger partial charge in [-0.05, 0) is 92.8 Å². The van der Waals surface area contributed by atoms with E-state index >= 15 is 0 Å². The van der Waals surface area contributed by atoms with Crippen molar-refractivity contribution >= 4 is 38.6 Å². The number of carbonyl (C=O) groups is 1. The molecule has 3 aromatic rings. The minimum Gasteiger partial charge on any atom is -0.410 e. The van der Waals surface area contributed by atoms with Crippen LogP contribution in [0.15, 0.2) is 53.1 Å². The van der Waals surface area contributed by atoms with Crippen molar-refractivity contribution in [3.63, 3.8) is 0 Å².